The number of hydrogen-bond donors (Lipinski definition) is 1. The Morgan fingerprint density at radius 2 is 1.62 bits per heavy atom. The summed E-state index contributed by atoms with van der Waals surface area (Å²) in [5.41, 5.74) is 3.58. The molecule has 0 amide bonds. The van der Waals surface area contributed by atoms with E-state index < -0.39 is 6.10 Å². The normalized spacial score (nSPS) is 26.9. The second-order valence-corrected chi connectivity index (χ2v) is 7.20. The molecule has 3 atom stereocenters. The van der Waals surface area contributed by atoms with Crippen molar-refractivity contribution in [3.63, 3.8) is 0 Å². The molecule has 4 rings (SSSR count). The van der Waals surface area contributed by atoms with Gasteiger partial charge in [-0.3, -0.25) is 4.90 Å². The Morgan fingerprint density at radius 1 is 0.923 bits per heavy atom. The summed E-state index contributed by atoms with van der Waals surface area (Å²) in [6.45, 7) is 3.91. The number of ether oxygens (including phenoxy) is 2. The van der Waals surface area contributed by atoms with Crippen molar-refractivity contribution < 1.29 is 14.6 Å². The average molecular weight is 353 g/mol. The summed E-state index contributed by atoms with van der Waals surface area (Å²) in [6.07, 6.45) is 1.44. The molecule has 1 saturated carbocycles. The summed E-state index contributed by atoms with van der Waals surface area (Å²) in [4.78, 5) is 2.35. The number of rotatable bonds is 5. The number of aliphatic hydroxyl groups excluding tert-OH is 1. The van der Waals surface area contributed by atoms with Gasteiger partial charge in [-0.05, 0) is 29.5 Å². The van der Waals surface area contributed by atoms with Crippen molar-refractivity contribution in [1.82, 2.24) is 4.90 Å². The summed E-state index contributed by atoms with van der Waals surface area (Å²) < 4.78 is 11.5. The maximum Gasteiger partial charge on any atom is 0.0956 e. The molecule has 2 fully saturated rings. The van der Waals surface area contributed by atoms with Crippen LogP contribution in [0.4, 0.5) is 0 Å². The average Bonchev–Trinajstić information content (AvgIpc) is 3.08. The van der Waals surface area contributed by atoms with Crippen LogP contribution in [-0.2, 0) is 16.1 Å². The van der Waals surface area contributed by atoms with E-state index in [0.29, 0.717) is 6.61 Å². The molecule has 2 aliphatic rings. The highest BCUT2D eigenvalue weighted by Crippen LogP contribution is 2.28. The third kappa shape index (κ3) is 3.99. The number of nitrogens with zero attached hydrogens (tertiary/aromatic N) is 1. The molecule has 1 N–H and O–H groups in total. The van der Waals surface area contributed by atoms with Gasteiger partial charge < -0.3 is 14.6 Å². The monoisotopic (exact) mass is 353 g/mol. The second-order valence-electron chi connectivity index (χ2n) is 7.20. The standard InChI is InChI=1S/C22H27NO3/c24-22-20(23-12-14-25-15-13-23)10-11-21(22)26-16-17-6-8-19(9-7-17)18-4-2-1-3-5-18/h1-9,20-22,24H,10-16H2/t20-,21-,22+/m1/s1. The Hall–Kier alpha value is -1.72. The van der Waals surface area contributed by atoms with Gasteiger partial charge in [0.1, 0.15) is 0 Å². The van der Waals surface area contributed by atoms with Crippen LogP contribution in [0.15, 0.2) is 54.6 Å². The van der Waals surface area contributed by atoms with Crippen LogP contribution in [0, 0.1) is 0 Å². The lowest BCUT2D eigenvalue weighted by atomic mass is 10.0. The van der Waals surface area contributed by atoms with E-state index in [1.54, 1.807) is 0 Å². The van der Waals surface area contributed by atoms with Gasteiger partial charge in [-0.2, -0.15) is 0 Å². The fourth-order valence-corrected chi connectivity index (χ4v) is 4.04. The molecule has 0 bridgehead atoms. The Labute approximate surface area is 155 Å². The van der Waals surface area contributed by atoms with Crippen molar-refractivity contribution in [3.8, 4) is 11.1 Å². The zero-order chi connectivity index (χ0) is 17.8. The molecule has 4 heteroatoms. The van der Waals surface area contributed by atoms with E-state index in [1.807, 2.05) is 6.07 Å². The highest BCUT2D eigenvalue weighted by molar-refractivity contribution is 5.63. The molecule has 0 spiro atoms. The molecule has 0 unspecified atom stereocenters. The van der Waals surface area contributed by atoms with E-state index in [9.17, 15) is 5.11 Å². The van der Waals surface area contributed by atoms with Crippen molar-refractivity contribution in [3.05, 3.63) is 60.2 Å². The first-order valence-corrected chi connectivity index (χ1v) is 9.57. The van der Waals surface area contributed by atoms with E-state index in [-0.39, 0.29) is 12.1 Å². The van der Waals surface area contributed by atoms with Gasteiger partial charge in [0, 0.05) is 19.1 Å². The lowest BCUT2D eigenvalue weighted by molar-refractivity contribution is -0.0641. The van der Waals surface area contributed by atoms with Gasteiger partial charge in [-0.25, -0.2) is 0 Å². The summed E-state index contributed by atoms with van der Waals surface area (Å²) >= 11 is 0. The largest absolute Gasteiger partial charge is 0.389 e. The Kier molecular flexibility index (Phi) is 5.65. The van der Waals surface area contributed by atoms with Crippen LogP contribution in [0.25, 0.3) is 11.1 Å². The maximum atomic E-state index is 10.7. The van der Waals surface area contributed by atoms with Crippen molar-refractivity contribution in [1.29, 1.82) is 0 Å². The topological polar surface area (TPSA) is 41.9 Å². The van der Waals surface area contributed by atoms with Gasteiger partial charge >= 0.3 is 0 Å². The predicted octanol–water partition coefficient (Wildman–Crippen LogP) is 3.09. The molecular formula is C22H27NO3. The fourth-order valence-electron chi connectivity index (χ4n) is 4.04. The molecule has 0 radical (unpaired) electrons. The molecule has 0 aromatic heterocycles. The molecule has 1 aliphatic carbocycles. The molecule has 2 aromatic rings. The van der Waals surface area contributed by atoms with E-state index in [1.165, 1.54) is 11.1 Å². The predicted molar refractivity (Wildman–Crippen MR) is 102 cm³/mol. The summed E-state index contributed by atoms with van der Waals surface area (Å²) in [6, 6.07) is 19.1. The van der Waals surface area contributed by atoms with Crippen LogP contribution in [0.3, 0.4) is 0 Å². The van der Waals surface area contributed by atoms with E-state index in [4.69, 9.17) is 9.47 Å². The van der Waals surface area contributed by atoms with Crippen LogP contribution >= 0.6 is 0 Å². The Balaban J connectivity index is 1.31. The van der Waals surface area contributed by atoms with E-state index >= 15 is 0 Å². The Morgan fingerprint density at radius 3 is 2.35 bits per heavy atom. The molecule has 1 heterocycles. The molecule has 1 saturated heterocycles. The minimum absolute atomic E-state index is 0.0726. The van der Waals surface area contributed by atoms with Crippen molar-refractivity contribution in [2.75, 3.05) is 26.3 Å². The van der Waals surface area contributed by atoms with Gasteiger partial charge in [0.15, 0.2) is 0 Å². The summed E-state index contributed by atoms with van der Waals surface area (Å²) in [5, 5.41) is 10.7. The zero-order valence-corrected chi connectivity index (χ0v) is 15.1. The quantitative estimate of drug-likeness (QED) is 0.897. The molecule has 1 aliphatic heterocycles. The minimum Gasteiger partial charge on any atom is -0.389 e. The SMILES string of the molecule is O[C@H]1[C@H](N2CCOCC2)CC[C@H]1OCc1ccc(-c2ccccc2)cc1. The first-order chi connectivity index (χ1) is 12.8. The second kappa shape index (κ2) is 8.31. The van der Waals surface area contributed by atoms with Crippen LogP contribution < -0.4 is 0 Å². The van der Waals surface area contributed by atoms with Gasteiger partial charge in [-0.1, -0.05) is 54.6 Å². The van der Waals surface area contributed by atoms with Crippen LogP contribution in [0.1, 0.15) is 18.4 Å². The lowest BCUT2D eigenvalue weighted by Crippen LogP contribution is -2.48. The van der Waals surface area contributed by atoms with Crippen molar-refractivity contribution in [2.45, 2.75) is 37.7 Å². The smallest absolute Gasteiger partial charge is 0.0956 e. The highest BCUT2D eigenvalue weighted by atomic mass is 16.5. The number of aliphatic hydroxyl groups is 1. The highest BCUT2D eigenvalue weighted by Gasteiger charge is 2.39. The minimum atomic E-state index is -0.406. The first kappa shape index (κ1) is 17.7. The van der Waals surface area contributed by atoms with Crippen LogP contribution in [-0.4, -0.2) is 54.6 Å². The molecule has 26 heavy (non-hydrogen) atoms. The number of benzene rings is 2. The molecule has 4 nitrogen and oxygen atoms in total. The van der Waals surface area contributed by atoms with E-state index in [0.717, 1.165) is 44.7 Å². The first-order valence-electron chi connectivity index (χ1n) is 9.57. The third-order valence-corrected chi connectivity index (χ3v) is 5.56. The summed E-state index contributed by atoms with van der Waals surface area (Å²) in [5.74, 6) is 0. The fraction of sp³-hybridized carbons (Fsp3) is 0.455. The third-order valence-electron chi connectivity index (χ3n) is 5.56. The zero-order valence-electron chi connectivity index (χ0n) is 15.1. The molecule has 138 valence electrons. The summed E-state index contributed by atoms with van der Waals surface area (Å²) in [7, 11) is 0. The van der Waals surface area contributed by atoms with Gasteiger partial charge in [0.05, 0.1) is 32.0 Å². The maximum absolute atomic E-state index is 10.7. The van der Waals surface area contributed by atoms with Gasteiger partial charge in [0.2, 0.25) is 0 Å². The number of morpholine rings is 1. The van der Waals surface area contributed by atoms with Crippen LogP contribution in [0.5, 0.6) is 0 Å². The van der Waals surface area contributed by atoms with E-state index in [2.05, 4.69) is 53.4 Å². The van der Waals surface area contributed by atoms with Crippen LogP contribution in [0.2, 0.25) is 0 Å². The number of hydrogen-bond acceptors (Lipinski definition) is 4. The van der Waals surface area contributed by atoms with Crippen molar-refractivity contribution in [2.24, 2.45) is 0 Å². The van der Waals surface area contributed by atoms with Crippen molar-refractivity contribution >= 4 is 0 Å². The molecular weight excluding hydrogens is 326 g/mol. The molecule has 2 aromatic carbocycles. The Bertz CT molecular complexity index is 682. The lowest BCUT2D eigenvalue weighted by Gasteiger charge is -2.34. The van der Waals surface area contributed by atoms with Gasteiger partial charge in [0.25, 0.3) is 0 Å². The van der Waals surface area contributed by atoms with Gasteiger partial charge in [-0.15, -0.1) is 0 Å².